The third-order valence-corrected chi connectivity index (χ3v) is 6.52. The normalized spacial score (nSPS) is 25.6. The van der Waals surface area contributed by atoms with Crippen molar-refractivity contribution < 1.29 is 13.7 Å². The van der Waals surface area contributed by atoms with Crippen LogP contribution in [0.2, 0.25) is 0 Å². The molecule has 2 heterocycles. The second-order valence-electron chi connectivity index (χ2n) is 6.60. The maximum absolute atomic E-state index is 12.4. The molecule has 0 aromatic heterocycles. The molecule has 2 fully saturated rings. The minimum atomic E-state index is -1.18. The van der Waals surface area contributed by atoms with Gasteiger partial charge >= 0.3 is 0 Å². The Kier molecular flexibility index (Phi) is 6.45. The smallest absolute Gasteiger partial charge is 0.233 e. The molecular formula is C18H27N3O3S. The van der Waals surface area contributed by atoms with Gasteiger partial charge in [0.05, 0.1) is 17.9 Å². The van der Waals surface area contributed by atoms with Gasteiger partial charge in [0.1, 0.15) is 16.9 Å². The molecule has 2 aliphatic heterocycles. The number of nitrogens with zero attached hydrogens (tertiary/aromatic N) is 1. The highest BCUT2D eigenvalue weighted by atomic mass is 32.2. The summed E-state index contributed by atoms with van der Waals surface area (Å²) < 4.78 is 17.9. The number of methoxy groups -OCH3 is 1. The second kappa shape index (κ2) is 8.78. The number of nitrogens with one attached hydrogen (secondary N) is 2. The maximum atomic E-state index is 12.4. The summed E-state index contributed by atoms with van der Waals surface area (Å²) in [5, 5.41) is 5.96. The molecule has 3 atom stereocenters. The van der Waals surface area contributed by atoms with E-state index in [-0.39, 0.29) is 23.0 Å². The minimum Gasteiger partial charge on any atom is -0.496 e. The van der Waals surface area contributed by atoms with Gasteiger partial charge in [-0.05, 0) is 25.5 Å². The lowest BCUT2D eigenvalue weighted by Crippen LogP contribution is -2.44. The molecule has 25 heavy (non-hydrogen) atoms. The number of ether oxygens (including phenoxy) is 1. The summed E-state index contributed by atoms with van der Waals surface area (Å²) in [6.45, 7) is 5.26. The zero-order valence-electron chi connectivity index (χ0n) is 14.7. The van der Waals surface area contributed by atoms with Crippen LogP contribution in [0.4, 0.5) is 0 Å². The van der Waals surface area contributed by atoms with Gasteiger partial charge in [0.25, 0.3) is 0 Å². The van der Waals surface area contributed by atoms with Gasteiger partial charge in [0, 0.05) is 37.7 Å². The number of carbonyl (C=O) groups excluding carboxylic acids is 1. The van der Waals surface area contributed by atoms with E-state index in [0.717, 1.165) is 56.9 Å². The standard InChI is InChI=1S/C18H27N3O3S/c1-24-16-7-3-2-5-14(16)15(18-20-17(22)13-25(18)23)6-4-10-21-11-8-19-9-12-21/h2-3,5,7,15,18-19H,4,6,8-13H2,1H3,(H,20,22). The largest absolute Gasteiger partial charge is 0.496 e. The molecule has 138 valence electrons. The second-order valence-corrected chi connectivity index (χ2v) is 8.15. The van der Waals surface area contributed by atoms with Crippen LogP contribution in [0.5, 0.6) is 5.75 Å². The first-order chi connectivity index (χ1) is 12.2. The number of piperazine rings is 1. The number of benzene rings is 1. The minimum absolute atomic E-state index is 0.00588. The molecule has 0 saturated carbocycles. The molecule has 2 aliphatic rings. The lowest BCUT2D eigenvalue weighted by atomic mass is 9.92. The Morgan fingerprint density at radius 2 is 2.08 bits per heavy atom. The molecule has 2 saturated heterocycles. The van der Waals surface area contributed by atoms with Crippen molar-refractivity contribution in [3.63, 3.8) is 0 Å². The van der Waals surface area contributed by atoms with E-state index in [1.54, 1.807) is 7.11 Å². The first-order valence-electron chi connectivity index (χ1n) is 8.91. The van der Waals surface area contributed by atoms with E-state index in [0.29, 0.717) is 0 Å². The van der Waals surface area contributed by atoms with Crippen LogP contribution in [-0.4, -0.2) is 66.0 Å². The first kappa shape index (κ1) is 18.4. The third kappa shape index (κ3) is 4.59. The molecule has 0 spiro atoms. The third-order valence-electron chi connectivity index (χ3n) is 4.96. The summed E-state index contributed by atoms with van der Waals surface area (Å²) in [7, 11) is 0.474. The summed E-state index contributed by atoms with van der Waals surface area (Å²) >= 11 is 0. The summed E-state index contributed by atoms with van der Waals surface area (Å²) in [6, 6.07) is 7.86. The summed E-state index contributed by atoms with van der Waals surface area (Å²) in [4.78, 5) is 14.2. The van der Waals surface area contributed by atoms with Crippen LogP contribution in [0, 0.1) is 0 Å². The Labute approximate surface area is 151 Å². The van der Waals surface area contributed by atoms with Crippen LogP contribution in [0.3, 0.4) is 0 Å². The van der Waals surface area contributed by atoms with Gasteiger partial charge in [0.15, 0.2) is 0 Å². The van der Waals surface area contributed by atoms with Crippen LogP contribution in [0.15, 0.2) is 24.3 Å². The van der Waals surface area contributed by atoms with Gasteiger partial charge in [-0.15, -0.1) is 0 Å². The summed E-state index contributed by atoms with van der Waals surface area (Å²) in [5.74, 6) is 0.790. The van der Waals surface area contributed by atoms with Crippen molar-refractivity contribution >= 4 is 16.7 Å². The quantitative estimate of drug-likeness (QED) is 0.743. The Morgan fingerprint density at radius 1 is 1.32 bits per heavy atom. The average molecular weight is 365 g/mol. The zero-order chi connectivity index (χ0) is 17.6. The molecular weight excluding hydrogens is 338 g/mol. The van der Waals surface area contributed by atoms with Crippen LogP contribution < -0.4 is 15.4 Å². The highest BCUT2D eigenvalue weighted by molar-refractivity contribution is 7.86. The molecule has 0 bridgehead atoms. The van der Waals surface area contributed by atoms with Gasteiger partial charge < -0.3 is 20.3 Å². The Hall–Kier alpha value is -1.44. The lowest BCUT2D eigenvalue weighted by Gasteiger charge is -2.29. The average Bonchev–Trinajstić information content (AvgIpc) is 2.97. The molecule has 3 unspecified atom stereocenters. The van der Waals surface area contributed by atoms with Crippen molar-refractivity contribution in [2.24, 2.45) is 0 Å². The van der Waals surface area contributed by atoms with Gasteiger partial charge in [-0.2, -0.15) is 0 Å². The van der Waals surface area contributed by atoms with Crippen molar-refractivity contribution in [1.29, 1.82) is 0 Å². The zero-order valence-corrected chi connectivity index (χ0v) is 15.5. The molecule has 3 rings (SSSR count). The topological polar surface area (TPSA) is 70.7 Å². The van der Waals surface area contributed by atoms with E-state index in [4.69, 9.17) is 4.74 Å². The van der Waals surface area contributed by atoms with Gasteiger partial charge in [-0.25, -0.2) is 0 Å². The number of amides is 1. The van der Waals surface area contributed by atoms with Crippen molar-refractivity contribution in [2.45, 2.75) is 24.1 Å². The molecule has 1 aromatic carbocycles. The fourth-order valence-corrected chi connectivity index (χ4v) is 5.11. The number of carbonyl (C=O) groups is 1. The van der Waals surface area contributed by atoms with E-state index in [1.165, 1.54) is 0 Å². The van der Waals surface area contributed by atoms with Gasteiger partial charge in [-0.3, -0.25) is 9.00 Å². The molecule has 7 heteroatoms. The van der Waals surface area contributed by atoms with Crippen molar-refractivity contribution in [2.75, 3.05) is 45.6 Å². The molecule has 0 aliphatic carbocycles. The van der Waals surface area contributed by atoms with E-state index in [2.05, 4.69) is 15.5 Å². The first-order valence-corrected chi connectivity index (χ1v) is 10.3. The number of rotatable bonds is 7. The van der Waals surface area contributed by atoms with E-state index >= 15 is 0 Å². The highest BCUT2D eigenvalue weighted by Gasteiger charge is 2.37. The Bertz CT molecular complexity index is 619. The summed E-state index contributed by atoms with van der Waals surface area (Å²) in [5.41, 5.74) is 1.03. The van der Waals surface area contributed by atoms with Crippen LogP contribution >= 0.6 is 0 Å². The monoisotopic (exact) mass is 365 g/mol. The van der Waals surface area contributed by atoms with E-state index in [1.807, 2.05) is 24.3 Å². The van der Waals surface area contributed by atoms with Crippen molar-refractivity contribution in [1.82, 2.24) is 15.5 Å². The van der Waals surface area contributed by atoms with E-state index in [9.17, 15) is 9.00 Å². The van der Waals surface area contributed by atoms with Crippen LogP contribution in [0.1, 0.15) is 24.3 Å². The van der Waals surface area contributed by atoms with Crippen LogP contribution in [-0.2, 0) is 15.6 Å². The Balaban J connectivity index is 1.72. The molecule has 1 aromatic rings. The van der Waals surface area contributed by atoms with Crippen LogP contribution in [0.25, 0.3) is 0 Å². The predicted molar refractivity (Wildman–Crippen MR) is 99.2 cm³/mol. The van der Waals surface area contributed by atoms with Gasteiger partial charge in [-0.1, -0.05) is 18.2 Å². The molecule has 1 amide bonds. The number of hydrogen-bond donors (Lipinski definition) is 2. The maximum Gasteiger partial charge on any atom is 0.233 e. The fraction of sp³-hybridized carbons (Fsp3) is 0.611. The Morgan fingerprint density at radius 3 is 2.76 bits per heavy atom. The molecule has 6 nitrogen and oxygen atoms in total. The predicted octanol–water partition coefficient (Wildman–Crippen LogP) is 0.669. The SMILES string of the molecule is COc1ccccc1C(CCCN1CCNCC1)C1NC(=O)CS1=O. The van der Waals surface area contributed by atoms with E-state index < -0.39 is 10.8 Å². The lowest BCUT2D eigenvalue weighted by molar-refractivity contribution is -0.118. The number of hydrogen-bond acceptors (Lipinski definition) is 5. The van der Waals surface area contributed by atoms with Crippen molar-refractivity contribution in [3.05, 3.63) is 29.8 Å². The molecule has 2 N–H and O–H groups in total. The fourth-order valence-electron chi connectivity index (χ4n) is 3.68. The van der Waals surface area contributed by atoms with Gasteiger partial charge in [0.2, 0.25) is 5.91 Å². The summed E-state index contributed by atoms with van der Waals surface area (Å²) in [6.07, 6.45) is 1.88. The molecule has 0 radical (unpaired) electrons. The highest BCUT2D eigenvalue weighted by Crippen LogP contribution is 2.35. The number of para-hydroxylation sites is 1. The van der Waals surface area contributed by atoms with Crippen molar-refractivity contribution in [3.8, 4) is 5.75 Å².